The fourth-order valence-electron chi connectivity index (χ4n) is 3.53. The van der Waals surface area contributed by atoms with E-state index < -0.39 is 0 Å². The summed E-state index contributed by atoms with van der Waals surface area (Å²) in [7, 11) is 3.58. The minimum Gasteiger partial charge on any atom is -0.352 e. The van der Waals surface area contributed by atoms with Crippen molar-refractivity contribution < 1.29 is 4.79 Å². The number of halogens is 1. The second kappa shape index (κ2) is 10.4. The van der Waals surface area contributed by atoms with E-state index in [1.54, 1.807) is 33.8 Å². The van der Waals surface area contributed by atoms with Gasteiger partial charge in [0.15, 0.2) is 5.96 Å². The second-order valence-corrected chi connectivity index (χ2v) is 7.15. The predicted molar refractivity (Wildman–Crippen MR) is 128 cm³/mol. The highest BCUT2D eigenvalue weighted by Crippen LogP contribution is 2.16. The third-order valence-electron chi connectivity index (χ3n) is 4.99. The van der Waals surface area contributed by atoms with E-state index in [1.807, 2.05) is 24.2 Å². The second-order valence-electron chi connectivity index (χ2n) is 7.15. The average molecular weight is 535 g/mol. The van der Waals surface area contributed by atoms with Gasteiger partial charge in [-0.1, -0.05) is 24.3 Å². The van der Waals surface area contributed by atoms with E-state index >= 15 is 0 Å². The number of aliphatic imine (C=N–C) groups is 1. The molecule has 2 aromatic heterocycles. The highest BCUT2D eigenvalue weighted by molar-refractivity contribution is 14.0. The summed E-state index contributed by atoms with van der Waals surface area (Å²) in [4.78, 5) is 24.8. The summed E-state index contributed by atoms with van der Waals surface area (Å²) >= 11 is 0. The van der Waals surface area contributed by atoms with Crippen molar-refractivity contribution in [3.8, 4) is 0 Å². The van der Waals surface area contributed by atoms with Crippen molar-refractivity contribution in [3.05, 3.63) is 60.4 Å². The van der Waals surface area contributed by atoms with Crippen molar-refractivity contribution >= 4 is 41.5 Å². The molecule has 31 heavy (non-hydrogen) atoms. The lowest BCUT2D eigenvalue weighted by atomic mass is 10.1. The van der Waals surface area contributed by atoms with Gasteiger partial charge in [0.1, 0.15) is 19.2 Å². The third kappa shape index (κ3) is 5.60. The SMILES string of the molecule is CN=C(NCc1cccc(Cn2cncn2)c1)N1CCN(c2cnn(C)c2)C(=O)C1.I. The Morgan fingerprint density at radius 3 is 2.74 bits per heavy atom. The van der Waals surface area contributed by atoms with E-state index in [1.165, 1.54) is 6.33 Å². The molecule has 1 amide bonds. The first kappa shape index (κ1) is 22.7. The number of piperazine rings is 1. The molecule has 1 N–H and O–H groups in total. The minimum absolute atomic E-state index is 0. The molecule has 1 fully saturated rings. The molecule has 3 aromatic rings. The van der Waals surface area contributed by atoms with Gasteiger partial charge < -0.3 is 15.1 Å². The molecule has 1 aliphatic rings. The van der Waals surface area contributed by atoms with Gasteiger partial charge in [-0.3, -0.25) is 14.5 Å². The molecule has 0 spiro atoms. The van der Waals surface area contributed by atoms with Gasteiger partial charge in [0, 0.05) is 39.9 Å². The Hall–Kier alpha value is -2.96. The van der Waals surface area contributed by atoms with Crippen LogP contribution in [0.25, 0.3) is 0 Å². The number of benzene rings is 1. The number of aromatic nitrogens is 5. The Morgan fingerprint density at radius 1 is 1.23 bits per heavy atom. The number of rotatable bonds is 5. The molecule has 0 bridgehead atoms. The van der Waals surface area contributed by atoms with E-state index in [9.17, 15) is 4.79 Å². The maximum atomic E-state index is 12.7. The van der Waals surface area contributed by atoms with Crippen LogP contribution in [0.5, 0.6) is 0 Å². The maximum Gasteiger partial charge on any atom is 0.246 e. The molecule has 0 aliphatic carbocycles. The Balaban J connectivity index is 0.00000272. The van der Waals surface area contributed by atoms with Crippen molar-refractivity contribution in [3.63, 3.8) is 0 Å². The first-order valence-corrected chi connectivity index (χ1v) is 9.77. The van der Waals surface area contributed by atoms with Crippen molar-refractivity contribution in [2.24, 2.45) is 12.0 Å². The monoisotopic (exact) mass is 535 g/mol. The van der Waals surface area contributed by atoms with Crippen LogP contribution in [0.1, 0.15) is 11.1 Å². The van der Waals surface area contributed by atoms with E-state index in [0.29, 0.717) is 26.2 Å². The first-order chi connectivity index (χ1) is 14.6. The van der Waals surface area contributed by atoms with Crippen molar-refractivity contribution in [2.75, 3.05) is 31.6 Å². The van der Waals surface area contributed by atoms with Crippen LogP contribution in [0.15, 0.2) is 54.3 Å². The fraction of sp³-hybridized carbons (Fsp3) is 0.350. The smallest absolute Gasteiger partial charge is 0.246 e. The average Bonchev–Trinajstić information content (AvgIpc) is 3.41. The number of carbonyl (C=O) groups excluding carboxylic acids is 1. The number of aryl methyl sites for hydroxylation is 1. The Morgan fingerprint density at radius 2 is 2.06 bits per heavy atom. The number of anilines is 1. The van der Waals surface area contributed by atoms with Crippen molar-refractivity contribution in [1.29, 1.82) is 0 Å². The molecule has 0 atom stereocenters. The number of hydrogen-bond donors (Lipinski definition) is 1. The zero-order chi connectivity index (χ0) is 20.9. The van der Waals surface area contributed by atoms with Crippen molar-refractivity contribution in [2.45, 2.75) is 13.1 Å². The Bertz CT molecular complexity index is 1030. The molecule has 4 rings (SSSR count). The lowest BCUT2D eigenvalue weighted by molar-refractivity contribution is -0.120. The summed E-state index contributed by atoms with van der Waals surface area (Å²) in [5.41, 5.74) is 3.11. The normalized spacial score (nSPS) is 14.5. The van der Waals surface area contributed by atoms with Gasteiger partial charge in [0.2, 0.25) is 5.91 Å². The maximum absolute atomic E-state index is 12.7. The summed E-state index contributed by atoms with van der Waals surface area (Å²) in [6.45, 7) is 2.87. The topological polar surface area (TPSA) is 96.5 Å². The number of nitrogens with one attached hydrogen (secondary N) is 1. The molecule has 10 nitrogen and oxygen atoms in total. The highest BCUT2D eigenvalue weighted by Gasteiger charge is 2.27. The van der Waals surface area contributed by atoms with Gasteiger partial charge in [-0.15, -0.1) is 24.0 Å². The quantitative estimate of drug-likeness (QED) is 0.299. The summed E-state index contributed by atoms with van der Waals surface area (Å²) in [5, 5.41) is 11.7. The number of carbonyl (C=O) groups is 1. The summed E-state index contributed by atoms with van der Waals surface area (Å²) < 4.78 is 3.49. The fourth-order valence-corrected chi connectivity index (χ4v) is 3.53. The standard InChI is InChI=1S/C20H25N9O.HI/c1-21-20(27-6-7-29(19(30)13-27)18-10-24-26(2)12-18)23-9-16-4-3-5-17(8-16)11-28-15-22-14-25-28;/h3-5,8,10,12,14-15H,6-7,9,11,13H2,1-2H3,(H,21,23);1H. The van der Waals surface area contributed by atoms with Crippen LogP contribution in [0, 0.1) is 0 Å². The van der Waals surface area contributed by atoms with Gasteiger partial charge in [-0.05, 0) is 11.1 Å². The number of amides is 1. The molecule has 1 saturated heterocycles. The largest absolute Gasteiger partial charge is 0.352 e. The lowest BCUT2D eigenvalue weighted by Gasteiger charge is -2.35. The minimum atomic E-state index is 0. The summed E-state index contributed by atoms with van der Waals surface area (Å²) in [6, 6.07) is 8.29. The molecule has 1 aliphatic heterocycles. The van der Waals surface area contributed by atoms with Gasteiger partial charge in [-0.25, -0.2) is 9.67 Å². The van der Waals surface area contributed by atoms with Gasteiger partial charge in [-0.2, -0.15) is 10.2 Å². The lowest BCUT2D eigenvalue weighted by Crippen LogP contribution is -2.55. The van der Waals surface area contributed by atoms with Crippen LogP contribution in [0.2, 0.25) is 0 Å². The number of nitrogens with zero attached hydrogens (tertiary/aromatic N) is 8. The molecule has 0 unspecified atom stereocenters. The third-order valence-corrected chi connectivity index (χ3v) is 4.99. The van der Waals surface area contributed by atoms with Crippen LogP contribution < -0.4 is 10.2 Å². The zero-order valence-corrected chi connectivity index (χ0v) is 19.9. The van der Waals surface area contributed by atoms with Crippen LogP contribution in [0.4, 0.5) is 5.69 Å². The molecule has 3 heterocycles. The molecule has 0 radical (unpaired) electrons. The molecule has 11 heteroatoms. The van der Waals surface area contributed by atoms with Gasteiger partial charge in [0.25, 0.3) is 0 Å². The number of guanidine groups is 1. The van der Waals surface area contributed by atoms with Crippen LogP contribution in [-0.2, 0) is 24.9 Å². The Kier molecular flexibility index (Phi) is 7.60. The molecule has 1 aromatic carbocycles. The van der Waals surface area contributed by atoms with E-state index in [0.717, 1.165) is 22.8 Å². The van der Waals surface area contributed by atoms with E-state index in [4.69, 9.17) is 0 Å². The van der Waals surface area contributed by atoms with Crippen LogP contribution in [-0.4, -0.2) is 68.0 Å². The molecular weight excluding hydrogens is 509 g/mol. The summed E-state index contributed by atoms with van der Waals surface area (Å²) in [6.07, 6.45) is 6.81. The molecular formula is C20H26IN9O. The first-order valence-electron chi connectivity index (χ1n) is 9.77. The summed E-state index contributed by atoms with van der Waals surface area (Å²) in [5.74, 6) is 0.753. The van der Waals surface area contributed by atoms with Crippen LogP contribution in [0.3, 0.4) is 0 Å². The van der Waals surface area contributed by atoms with Crippen LogP contribution >= 0.6 is 24.0 Å². The predicted octanol–water partition coefficient (Wildman–Crippen LogP) is 1.10. The molecule has 164 valence electrons. The van der Waals surface area contributed by atoms with E-state index in [-0.39, 0.29) is 36.4 Å². The molecule has 0 saturated carbocycles. The number of hydrogen-bond acceptors (Lipinski definition) is 5. The zero-order valence-electron chi connectivity index (χ0n) is 17.5. The van der Waals surface area contributed by atoms with Crippen molar-refractivity contribution in [1.82, 2.24) is 34.8 Å². The van der Waals surface area contributed by atoms with Gasteiger partial charge in [0.05, 0.1) is 18.4 Å². The van der Waals surface area contributed by atoms with Gasteiger partial charge >= 0.3 is 0 Å². The Labute approximate surface area is 198 Å². The van der Waals surface area contributed by atoms with E-state index in [2.05, 4.69) is 43.7 Å². The highest BCUT2D eigenvalue weighted by atomic mass is 127.